The Hall–Kier alpha value is -4.20. The summed E-state index contributed by atoms with van der Waals surface area (Å²) in [5.74, 6) is 1.71. The number of carbonyl (C=O) groups excluding carboxylic acids is 2. The number of aryl methyl sites for hydroxylation is 2. The number of aromatic amines is 2. The molecule has 1 atom stereocenters. The number of hydrogen-bond donors (Lipinski definition) is 4. The highest BCUT2D eigenvalue weighted by molar-refractivity contribution is 5.82. The van der Waals surface area contributed by atoms with Crippen LogP contribution in [0.5, 0.6) is 0 Å². The molecule has 2 heterocycles. The van der Waals surface area contributed by atoms with Crippen LogP contribution in [0.2, 0.25) is 0 Å². The van der Waals surface area contributed by atoms with Crippen LogP contribution in [0.4, 0.5) is 0 Å². The summed E-state index contributed by atoms with van der Waals surface area (Å²) in [6, 6.07) is 12.9. The second-order valence-electron chi connectivity index (χ2n) is 14.0. The Kier molecular flexibility index (Phi) is 8.07. The van der Waals surface area contributed by atoms with Crippen LogP contribution >= 0.6 is 0 Å². The van der Waals surface area contributed by atoms with Gasteiger partial charge in [-0.25, -0.2) is 9.97 Å². The van der Waals surface area contributed by atoms with Gasteiger partial charge in [0.15, 0.2) is 0 Å². The molecule has 0 saturated carbocycles. The number of carbonyl (C=O) groups is 2. The number of rotatable bonds is 7. The Labute approximate surface area is 254 Å². The molecule has 4 N–H and O–H groups in total. The predicted molar refractivity (Wildman–Crippen MR) is 171 cm³/mol. The highest BCUT2D eigenvalue weighted by Crippen LogP contribution is 2.38. The van der Waals surface area contributed by atoms with Crippen molar-refractivity contribution >= 4 is 11.8 Å². The number of aromatic nitrogens is 4. The summed E-state index contributed by atoms with van der Waals surface area (Å²) in [4.78, 5) is 41.1. The average Bonchev–Trinajstić information content (AvgIpc) is 3.63. The number of amides is 2. The van der Waals surface area contributed by atoms with Crippen molar-refractivity contribution in [3.05, 3.63) is 71.6 Å². The second-order valence-corrected chi connectivity index (χ2v) is 14.0. The van der Waals surface area contributed by atoms with E-state index in [-0.39, 0.29) is 23.8 Å². The number of fused-ring (bicyclic) bond motifs is 3. The highest BCUT2D eigenvalue weighted by Gasteiger charge is 2.28. The molecular formula is C35H44N6O2. The van der Waals surface area contributed by atoms with Crippen molar-refractivity contribution < 1.29 is 9.59 Å². The molecule has 2 amide bonds. The average molecular weight is 581 g/mol. The monoisotopic (exact) mass is 580 g/mol. The highest BCUT2D eigenvalue weighted by atomic mass is 16.2. The summed E-state index contributed by atoms with van der Waals surface area (Å²) in [7, 11) is 0. The maximum Gasteiger partial charge on any atom is 0.225 e. The van der Waals surface area contributed by atoms with E-state index in [1.54, 1.807) is 0 Å². The number of H-pyrrole nitrogens is 2. The molecule has 0 fully saturated rings. The quantitative estimate of drug-likeness (QED) is 0.193. The predicted octanol–water partition coefficient (Wildman–Crippen LogP) is 6.75. The third-order valence-electron chi connectivity index (χ3n) is 8.01. The van der Waals surface area contributed by atoms with Crippen LogP contribution in [0.25, 0.3) is 33.6 Å². The molecule has 0 saturated heterocycles. The molecule has 1 aliphatic rings. The number of hydrogen-bond acceptors (Lipinski definition) is 4. The molecule has 0 aliphatic heterocycles. The lowest BCUT2D eigenvalue weighted by atomic mass is 9.83. The lowest BCUT2D eigenvalue weighted by Crippen LogP contribution is -2.39. The van der Waals surface area contributed by atoms with E-state index >= 15 is 0 Å². The molecule has 4 aromatic rings. The summed E-state index contributed by atoms with van der Waals surface area (Å²) >= 11 is 0. The third kappa shape index (κ3) is 6.58. The lowest BCUT2D eigenvalue weighted by molar-refractivity contribution is -0.130. The van der Waals surface area contributed by atoms with Crippen molar-refractivity contribution in [1.29, 1.82) is 0 Å². The largest absolute Gasteiger partial charge is 0.348 e. The topological polar surface area (TPSA) is 116 Å². The fraction of sp³-hybridized carbons (Fsp3) is 0.429. The zero-order chi connectivity index (χ0) is 31.1. The first-order valence-corrected chi connectivity index (χ1v) is 15.2. The summed E-state index contributed by atoms with van der Waals surface area (Å²) in [6.45, 7) is 16.0. The molecule has 2 aromatic heterocycles. The summed E-state index contributed by atoms with van der Waals surface area (Å²) < 4.78 is 0. The number of nitrogens with one attached hydrogen (secondary N) is 4. The molecule has 8 heteroatoms. The van der Waals surface area contributed by atoms with Gasteiger partial charge in [-0.3, -0.25) is 9.59 Å². The van der Waals surface area contributed by atoms with Gasteiger partial charge in [-0.2, -0.15) is 0 Å². The molecule has 2 aromatic carbocycles. The molecule has 8 nitrogen and oxygen atoms in total. The first-order valence-electron chi connectivity index (χ1n) is 15.2. The second kappa shape index (κ2) is 11.5. The van der Waals surface area contributed by atoms with Crippen LogP contribution in [0.1, 0.15) is 84.2 Å². The van der Waals surface area contributed by atoms with E-state index in [9.17, 15) is 9.59 Å². The minimum atomic E-state index is -0.468. The molecule has 0 bridgehead atoms. The van der Waals surface area contributed by atoms with Crippen LogP contribution in [-0.2, 0) is 29.0 Å². The smallest absolute Gasteiger partial charge is 0.225 e. The van der Waals surface area contributed by atoms with E-state index in [4.69, 9.17) is 9.97 Å². The molecule has 0 radical (unpaired) electrons. The first-order chi connectivity index (χ1) is 20.2. The lowest BCUT2D eigenvalue weighted by Gasteiger charge is -2.25. The maximum absolute atomic E-state index is 12.7. The third-order valence-corrected chi connectivity index (χ3v) is 8.01. The minimum absolute atomic E-state index is 0.00173. The van der Waals surface area contributed by atoms with Crippen molar-refractivity contribution in [2.75, 3.05) is 0 Å². The molecule has 1 unspecified atom stereocenters. The normalized spacial score (nSPS) is 13.8. The number of benzene rings is 2. The molecule has 0 spiro atoms. The summed E-state index contributed by atoms with van der Waals surface area (Å²) in [6.07, 6.45) is 5.72. The SMILES string of the molecule is CC(C)C(NC(=O)C(C)(C)C)c1nc(-c2ccc3c(c2)CCc2cc(-c4c[nH]c(CNC(=O)C(C)(C)C)n4)ccc2-3)c[nH]1. The van der Waals surface area contributed by atoms with Crippen LogP contribution in [0.15, 0.2) is 48.8 Å². The Balaban J connectivity index is 1.33. The van der Waals surface area contributed by atoms with Gasteiger partial charge in [0.1, 0.15) is 11.6 Å². The van der Waals surface area contributed by atoms with Gasteiger partial charge >= 0.3 is 0 Å². The number of imidazole rings is 2. The first kappa shape index (κ1) is 30.3. The van der Waals surface area contributed by atoms with Gasteiger partial charge < -0.3 is 20.6 Å². The molecule has 5 rings (SSSR count). The Morgan fingerprint density at radius 1 is 0.791 bits per heavy atom. The minimum Gasteiger partial charge on any atom is -0.348 e. The van der Waals surface area contributed by atoms with Crippen molar-refractivity contribution in [2.45, 2.75) is 80.8 Å². The van der Waals surface area contributed by atoms with E-state index in [1.165, 1.54) is 22.3 Å². The van der Waals surface area contributed by atoms with Gasteiger partial charge in [-0.05, 0) is 53.1 Å². The van der Waals surface area contributed by atoms with Crippen LogP contribution < -0.4 is 10.6 Å². The van der Waals surface area contributed by atoms with E-state index < -0.39 is 10.8 Å². The van der Waals surface area contributed by atoms with Gasteiger partial charge in [-0.1, -0.05) is 79.7 Å². The van der Waals surface area contributed by atoms with Gasteiger partial charge in [0.25, 0.3) is 0 Å². The van der Waals surface area contributed by atoms with Crippen molar-refractivity contribution in [2.24, 2.45) is 16.7 Å². The standard InChI is InChI=1S/C35H44N6O2/c1-20(2)30(41-33(43)35(6,7)8)31-37-18-28(40-31)24-12-14-26-22(16-24)10-9-21-15-23(11-13-25(21)26)27-17-36-29(39-27)19-38-32(42)34(3,4)5/h11-18,20,30H,9-10,19H2,1-8H3,(H,36,39)(H,37,40)(H,38,42)(H,41,43). The molecule has 1 aliphatic carbocycles. The van der Waals surface area contributed by atoms with Gasteiger partial charge in [0, 0.05) is 34.4 Å². The van der Waals surface area contributed by atoms with Crippen molar-refractivity contribution in [3.8, 4) is 33.6 Å². The summed E-state index contributed by atoms with van der Waals surface area (Å²) in [5.41, 5.74) is 8.08. The molecular weight excluding hydrogens is 536 g/mol. The van der Waals surface area contributed by atoms with Crippen LogP contribution in [-0.4, -0.2) is 31.8 Å². The van der Waals surface area contributed by atoms with E-state index in [0.29, 0.717) is 6.54 Å². The van der Waals surface area contributed by atoms with Crippen molar-refractivity contribution in [1.82, 2.24) is 30.6 Å². The maximum atomic E-state index is 12.7. The Morgan fingerprint density at radius 2 is 1.33 bits per heavy atom. The van der Waals surface area contributed by atoms with E-state index in [0.717, 1.165) is 47.0 Å². The zero-order valence-corrected chi connectivity index (χ0v) is 26.6. The van der Waals surface area contributed by atoms with Crippen LogP contribution in [0, 0.1) is 16.7 Å². The van der Waals surface area contributed by atoms with Crippen molar-refractivity contribution in [3.63, 3.8) is 0 Å². The van der Waals surface area contributed by atoms with E-state index in [2.05, 4.69) is 70.8 Å². The van der Waals surface area contributed by atoms with E-state index in [1.807, 2.05) is 53.9 Å². The van der Waals surface area contributed by atoms with Gasteiger partial charge in [0.2, 0.25) is 11.8 Å². The zero-order valence-electron chi connectivity index (χ0n) is 26.6. The fourth-order valence-corrected chi connectivity index (χ4v) is 5.30. The fourth-order valence-electron chi connectivity index (χ4n) is 5.30. The number of nitrogens with zero attached hydrogens (tertiary/aromatic N) is 2. The van der Waals surface area contributed by atoms with Gasteiger partial charge in [-0.15, -0.1) is 0 Å². The molecule has 226 valence electrons. The Morgan fingerprint density at radius 3 is 1.86 bits per heavy atom. The van der Waals surface area contributed by atoms with Gasteiger partial charge in [0.05, 0.1) is 24.0 Å². The Bertz CT molecular complexity index is 1650. The van der Waals surface area contributed by atoms with Crippen LogP contribution in [0.3, 0.4) is 0 Å². The molecule has 43 heavy (non-hydrogen) atoms. The summed E-state index contributed by atoms with van der Waals surface area (Å²) in [5, 5.41) is 6.13.